The molecule has 0 aliphatic heterocycles. The van der Waals surface area contributed by atoms with Crippen molar-refractivity contribution in [3.63, 3.8) is 0 Å². The van der Waals surface area contributed by atoms with Gasteiger partial charge >= 0.3 is 0 Å². The minimum absolute atomic E-state index is 0.0615. The van der Waals surface area contributed by atoms with Gasteiger partial charge in [0.1, 0.15) is 0 Å². The zero-order valence-corrected chi connectivity index (χ0v) is 11.1. The first kappa shape index (κ1) is 12.8. The Labute approximate surface area is 117 Å². The van der Waals surface area contributed by atoms with Crippen LogP contribution < -0.4 is 11.1 Å². The maximum atomic E-state index is 12.1. The highest BCUT2D eigenvalue weighted by Crippen LogP contribution is 2.31. The number of hydrogen-bond acceptors (Lipinski definition) is 4. The number of pyridine rings is 1. The van der Waals surface area contributed by atoms with Crippen molar-refractivity contribution in [1.29, 1.82) is 0 Å². The monoisotopic (exact) mass is 271 g/mol. The first-order valence-corrected chi connectivity index (χ1v) is 6.74. The Hall–Kier alpha value is -2.21. The quantitative estimate of drug-likeness (QED) is 0.839. The highest BCUT2D eigenvalue weighted by Gasteiger charge is 2.28. The molecule has 1 unspecified atom stereocenters. The van der Waals surface area contributed by atoms with Crippen LogP contribution >= 0.6 is 0 Å². The number of rotatable bonds is 5. The third-order valence-electron chi connectivity index (χ3n) is 3.47. The van der Waals surface area contributed by atoms with Gasteiger partial charge in [0.15, 0.2) is 5.82 Å². The molecule has 0 saturated heterocycles. The second-order valence-corrected chi connectivity index (χ2v) is 5.06. The van der Waals surface area contributed by atoms with Crippen molar-refractivity contribution in [2.75, 3.05) is 6.54 Å². The molecule has 104 valence electrons. The van der Waals surface area contributed by atoms with E-state index in [2.05, 4.69) is 15.4 Å². The zero-order valence-electron chi connectivity index (χ0n) is 11.1. The predicted molar refractivity (Wildman–Crippen MR) is 74.4 cm³/mol. The van der Waals surface area contributed by atoms with Crippen LogP contribution in [0.1, 0.15) is 23.2 Å². The van der Waals surface area contributed by atoms with Crippen LogP contribution in [0.15, 0.2) is 36.8 Å². The Morgan fingerprint density at radius 1 is 1.50 bits per heavy atom. The van der Waals surface area contributed by atoms with Crippen molar-refractivity contribution < 1.29 is 4.79 Å². The zero-order chi connectivity index (χ0) is 13.9. The molecule has 3 N–H and O–H groups in total. The van der Waals surface area contributed by atoms with Gasteiger partial charge in [-0.05, 0) is 37.0 Å². The summed E-state index contributed by atoms with van der Waals surface area (Å²) in [5.74, 6) is 1.07. The van der Waals surface area contributed by atoms with E-state index in [1.165, 1.54) is 12.8 Å². The van der Waals surface area contributed by atoms with Gasteiger partial charge in [-0.15, -0.1) is 0 Å². The van der Waals surface area contributed by atoms with Gasteiger partial charge < -0.3 is 11.1 Å². The van der Waals surface area contributed by atoms with E-state index in [0.29, 0.717) is 23.8 Å². The molecular weight excluding hydrogens is 254 g/mol. The Morgan fingerprint density at radius 3 is 3.05 bits per heavy atom. The van der Waals surface area contributed by atoms with Crippen LogP contribution in [0.4, 0.5) is 0 Å². The summed E-state index contributed by atoms with van der Waals surface area (Å²) < 4.78 is 1.62. The molecule has 0 aromatic carbocycles. The van der Waals surface area contributed by atoms with Crippen LogP contribution in [-0.2, 0) is 0 Å². The smallest absolute Gasteiger partial charge is 0.251 e. The molecule has 1 saturated carbocycles. The maximum Gasteiger partial charge on any atom is 0.251 e. The number of carbonyl (C=O) groups excluding carboxylic acids is 1. The fourth-order valence-corrected chi connectivity index (χ4v) is 2.09. The molecule has 0 bridgehead atoms. The SMILES string of the molecule is NC(CNC(=O)c1ccnc(-n2cccn2)c1)C1CC1. The van der Waals surface area contributed by atoms with Gasteiger partial charge in [-0.25, -0.2) is 9.67 Å². The summed E-state index contributed by atoms with van der Waals surface area (Å²) in [5.41, 5.74) is 6.53. The highest BCUT2D eigenvalue weighted by atomic mass is 16.1. The van der Waals surface area contributed by atoms with Crippen LogP contribution in [0, 0.1) is 5.92 Å². The summed E-state index contributed by atoms with van der Waals surface area (Å²) >= 11 is 0. The predicted octanol–water partition coefficient (Wildman–Crippen LogP) is 0.734. The number of nitrogens with zero attached hydrogens (tertiary/aromatic N) is 3. The number of nitrogens with one attached hydrogen (secondary N) is 1. The van der Waals surface area contributed by atoms with E-state index in [9.17, 15) is 4.79 Å². The average molecular weight is 271 g/mol. The molecular formula is C14H17N5O. The van der Waals surface area contributed by atoms with Gasteiger partial charge in [0.2, 0.25) is 0 Å². The lowest BCUT2D eigenvalue weighted by Gasteiger charge is -2.11. The Kier molecular flexibility index (Phi) is 3.47. The van der Waals surface area contributed by atoms with Crippen molar-refractivity contribution in [2.24, 2.45) is 11.7 Å². The Balaban J connectivity index is 1.66. The number of aromatic nitrogens is 3. The Bertz CT molecular complexity index is 591. The molecule has 1 fully saturated rings. The molecule has 2 heterocycles. The molecule has 6 heteroatoms. The second-order valence-electron chi connectivity index (χ2n) is 5.06. The molecule has 2 aromatic heterocycles. The lowest BCUT2D eigenvalue weighted by Crippen LogP contribution is -2.38. The number of nitrogens with two attached hydrogens (primary N) is 1. The van der Waals surface area contributed by atoms with Crippen LogP contribution in [0.25, 0.3) is 5.82 Å². The third kappa shape index (κ3) is 2.85. The topological polar surface area (TPSA) is 85.8 Å². The average Bonchev–Trinajstić information content (AvgIpc) is 3.19. The van der Waals surface area contributed by atoms with E-state index in [-0.39, 0.29) is 11.9 Å². The molecule has 3 rings (SSSR count). The normalized spacial score (nSPS) is 15.8. The first-order valence-electron chi connectivity index (χ1n) is 6.74. The molecule has 0 spiro atoms. The summed E-state index contributed by atoms with van der Waals surface area (Å²) in [6.07, 6.45) is 7.41. The van der Waals surface area contributed by atoms with E-state index < -0.39 is 0 Å². The molecule has 1 aliphatic carbocycles. The molecule has 1 aliphatic rings. The van der Waals surface area contributed by atoms with Crippen molar-refractivity contribution in [2.45, 2.75) is 18.9 Å². The first-order chi connectivity index (χ1) is 9.74. The second kappa shape index (κ2) is 5.42. The fourth-order valence-electron chi connectivity index (χ4n) is 2.09. The van der Waals surface area contributed by atoms with Crippen LogP contribution in [-0.4, -0.2) is 33.3 Å². The molecule has 1 amide bonds. The summed E-state index contributed by atoms with van der Waals surface area (Å²) in [6.45, 7) is 0.517. The maximum absolute atomic E-state index is 12.1. The minimum atomic E-state index is -0.128. The van der Waals surface area contributed by atoms with E-state index in [1.807, 2.05) is 6.07 Å². The van der Waals surface area contributed by atoms with Crippen LogP contribution in [0.2, 0.25) is 0 Å². The molecule has 0 radical (unpaired) electrons. The highest BCUT2D eigenvalue weighted by molar-refractivity contribution is 5.94. The lowest BCUT2D eigenvalue weighted by molar-refractivity contribution is 0.0950. The summed E-state index contributed by atoms with van der Waals surface area (Å²) in [5, 5.41) is 6.97. The molecule has 1 atom stereocenters. The van der Waals surface area contributed by atoms with Gasteiger partial charge in [0.25, 0.3) is 5.91 Å². The molecule has 2 aromatic rings. The van der Waals surface area contributed by atoms with Crippen LogP contribution in [0.3, 0.4) is 0 Å². The van der Waals surface area contributed by atoms with Gasteiger partial charge in [-0.1, -0.05) is 0 Å². The summed E-state index contributed by atoms with van der Waals surface area (Å²) in [4.78, 5) is 16.3. The van der Waals surface area contributed by atoms with Gasteiger partial charge in [-0.2, -0.15) is 5.10 Å². The standard InChI is InChI=1S/C14H17N5O/c15-12(10-2-3-10)9-17-14(20)11-4-6-16-13(8-11)19-7-1-5-18-19/h1,4-8,10,12H,2-3,9,15H2,(H,17,20). The van der Waals surface area contributed by atoms with Crippen molar-refractivity contribution >= 4 is 5.91 Å². The van der Waals surface area contributed by atoms with E-state index in [4.69, 9.17) is 5.73 Å². The van der Waals surface area contributed by atoms with E-state index >= 15 is 0 Å². The summed E-state index contributed by atoms with van der Waals surface area (Å²) in [7, 11) is 0. The van der Waals surface area contributed by atoms with Gasteiger partial charge in [0, 0.05) is 36.7 Å². The molecule has 20 heavy (non-hydrogen) atoms. The Morgan fingerprint density at radius 2 is 2.35 bits per heavy atom. The van der Waals surface area contributed by atoms with E-state index in [1.54, 1.807) is 35.4 Å². The van der Waals surface area contributed by atoms with Gasteiger partial charge in [-0.3, -0.25) is 4.79 Å². The fraction of sp³-hybridized carbons (Fsp3) is 0.357. The number of hydrogen-bond donors (Lipinski definition) is 2. The van der Waals surface area contributed by atoms with Crippen molar-refractivity contribution in [1.82, 2.24) is 20.1 Å². The number of carbonyl (C=O) groups is 1. The number of amides is 1. The van der Waals surface area contributed by atoms with Crippen molar-refractivity contribution in [3.8, 4) is 5.82 Å². The molecule has 6 nitrogen and oxygen atoms in total. The summed E-state index contributed by atoms with van der Waals surface area (Å²) in [6, 6.07) is 5.27. The van der Waals surface area contributed by atoms with E-state index in [0.717, 1.165) is 0 Å². The van der Waals surface area contributed by atoms with Gasteiger partial charge in [0.05, 0.1) is 0 Å². The van der Waals surface area contributed by atoms with Crippen LogP contribution in [0.5, 0.6) is 0 Å². The minimum Gasteiger partial charge on any atom is -0.350 e. The lowest BCUT2D eigenvalue weighted by atomic mass is 10.2. The largest absolute Gasteiger partial charge is 0.350 e. The van der Waals surface area contributed by atoms with Crippen molar-refractivity contribution in [3.05, 3.63) is 42.4 Å². The third-order valence-corrected chi connectivity index (χ3v) is 3.47.